The van der Waals surface area contributed by atoms with Gasteiger partial charge in [0, 0.05) is 38.5 Å². The second-order valence-corrected chi connectivity index (χ2v) is 21.1. The van der Waals surface area contributed by atoms with E-state index in [2.05, 4.69) is 13.0 Å². The first-order valence-corrected chi connectivity index (χ1v) is 23.5. The molecule has 352 valence electrons. The Labute approximate surface area is 369 Å². The highest BCUT2D eigenvalue weighted by atomic mass is 16.8. The molecule has 2 spiro atoms. The van der Waals surface area contributed by atoms with E-state index < -0.39 is 113 Å². The first kappa shape index (κ1) is 45.8. The average Bonchev–Trinajstić information content (AvgIpc) is 4.06. The molecule has 0 radical (unpaired) electrons. The lowest BCUT2D eigenvalue weighted by Crippen LogP contribution is -2.60. The molecule has 0 aromatic carbocycles. The molecule has 19 atom stereocenters. The highest BCUT2D eigenvalue weighted by Crippen LogP contribution is 2.55. The van der Waals surface area contributed by atoms with E-state index in [1.807, 2.05) is 32.9 Å². The monoisotopic (exact) mass is 888 g/mol. The van der Waals surface area contributed by atoms with E-state index in [1.165, 1.54) is 0 Å². The number of allylic oxidation sites excluding steroid dienone is 3. The summed E-state index contributed by atoms with van der Waals surface area (Å²) in [7, 11) is 0. The predicted molar refractivity (Wildman–Crippen MR) is 220 cm³/mol. The normalized spacial score (nSPS) is 52.9. The number of ether oxygens (including phenoxy) is 9. The maximum Gasteiger partial charge on any atom is 0.336 e. The molecule has 10 bridgehead atoms. The van der Waals surface area contributed by atoms with E-state index in [1.54, 1.807) is 13.8 Å². The summed E-state index contributed by atoms with van der Waals surface area (Å²) in [6.45, 7) is 11.6. The third kappa shape index (κ3) is 8.18. The van der Waals surface area contributed by atoms with Crippen molar-refractivity contribution in [3.63, 3.8) is 0 Å². The molecule has 9 aliphatic heterocycles. The van der Waals surface area contributed by atoms with Gasteiger partial charge in [0.05, 0.1) is 36.4 Å². The van der Waals surface area contributed by atoms with Gasteiger partial charge >= 0.3 is 11.9 Å². The molecule has 0 saturated carbocycles. The Kier molecular flexibility index (Phi) is 12.0. The van der Waals surface area contributed by atoms with Crippen molar-refractivity contribution in [1.29, 1.82) is 0 Å². The summed E-state index contributed by atoms with van der Waals surface area (Å²) in [4.78, 5) is 40.9. The molecule has 16 nitrogen and oxygen atoms in total. The SMILES string of the molecule is CC1=C[C@@H](C)C[C@]2(C)CC[C@H](O2)[C@]23CC[C@](C(=O)O)(C[C@H](O2)[C@@H]2O[C@@](C)(CC2=O)[C@H](O)[C@H]2CC[C@@]4(CCC[C@@H](O4)[C@H](C)C(=O)O[C@H]4C[C@H]([C@]5(O)OCC[C@H](C)[C@@H]5O)O[C@H]4C=C1)O2)O3. The van der Waals surface area contributed by atoms with Crippen molar-refractivity contribution in [2.45, 2.75) is 227 Å². The summed E-state index contributed by atoms with van der Waals surface area (Å²) in [6, 6.07) is 0. The standard InChI is InChI=1S/C47H68O16/c1-25-9-10-31-33(21-36(56-31)47(54)38(49)27(3)13-19-55-47)57-40(51)28(4)30-8-7-14-45(58-30)16-11-32(59-45)39(50)43(6)23-29(48)37(62-43)34-24-44(41(52)53)17-18-46(60-34,63-44)35-12-15-42(5,61-35)22-26(2)20-25/h9-10,20,26-28,30-39,49-50,54H,7-8,11-19,21-24H2,1-6H3,(H,52,53)/t26-,27+,28+,30-,31+,32-,33+,34+,35+,36-,37-,38+,39-,42+,43+,44-,45-,46-,47+/m1/s1. The Bertz CT molecular complexity index is 1860. The summed E-state index contributed by atoms with van der Waals surface area (Å²) in [5.74, 6) is -7.29. The number of Topliss-reactive ketones (excluding diaryl/α,β-unsaturated/α-hetero) is 1. The second-order valence-electron chi connectivity index (χ2n) is 21.1. The van der Waals surface area contributed by atoms with Crippen molar-refractivity contribution in [2.24, 2.45) is 17.8 Å². The van der Waals surface area contributed by atoms with Gasteiger partial charge in [-0.2, -0.15) is 0 Å². The van der Waals surface area contributed by atoms with Crippen LogP contribution in [0.2, 0.25) is 0 Å². The van der Waals surface area contributed by atoms with Gasteiger partial charge in [0.1, 0.15) is 48.3 Å². The predicted octanol–water partition coefficient (Wildman–Crippen LogP) is 4.32. The van der Waals surface area contributed by atoms with Crippen molar-refractivity contribution in [2.75, 3.05) is 6.61 Å². The summed E-state index contributed by atoms with van der Waals surface area (Å²) in [5.41, 5.74) is -2.63. The Balaban J connectivity index is 1.01. The maximum atomic E-state index is 14.1. The molecule has 9 rings (SSSR count). The largest absolute Gasteiger partial charge is 0.479 e. The van der Waals surface area contributed by atoms with Crippen molar-refractivity contribution < 1.29 is 77.4 Å². The molecule has 8 saturated heterocycles. The van der Waals surface area contributed by atoms with Crippen LogP contribution in [0.25, 0.3) is 0 Å². The van der Waals surface area contributed by atoms with Crippen LogP contribution in [0.4, 0.5) is 0 Å². The lowest BCUT2D eigenvalue weighted by Gasteiger charge is -2.46. The Morgan fingerprint density at radius 2 is 1.59 bits per heavy atom. The minimum absolute atomic E-state index is 0.0310. The fourth-order valence-corrected chi connectivity index (χ4v) is 12.5. The number of rotatable bonds is 2. The molecule has 8 fully saturated rings. The lowest BCUT2D eigenvalue weighted by atomic mass is 9.87. The third-order valence-electron chi connectivity index (χ3n) is 16.0. The molecule has 0 amide bonds. The second kappa shape index (κ2) is 16.5. The quantitative estimate of drug-likeness (QED) is 0.284. The van der Waals surface area contributed by atoms with Gasteiger partial charge in [-0.3, -0.25) is 9.59 Å². The Hall–Kier alpha value is -2.35. The van der Waals surface area contributed by atoms with Crippen molar-refractivity contribution in [1.82, 2.24) is 0 Å². The first-order chi connectivity index (χ1) is 29.7. The van der Waals surface area contributed by atoms with E-state index in [4.69, 9.17) is 42.6 Å². The first-order valence-electron chi connectivity index (χ1n) is 23.5. The van der Waals surface area contributed by atoms with Crippen LogP contribution in [0, 0.1) is 17.8 Å². The van der Waals surface area contributed by atoms with Gasteiger partial charge in [0.15, 0.2) is 23.0 Å². The van der Waals surface area contributed by atoms with E-state index in [0.29, 0.717) is 57.8 Å². The number of esters is 1. The number of carboxylic acids is 1. The number of aliphatic carboxylic acids is 1. The number of aliphatic hydroxyl groups excluding tert-OH is 2. The number of aliphatic hydroxyl groups is 3. The van der Waals surface area contributed by atoms with Crippen LogP contribution >= 0.6 is 0 Å². The van der Waals surface area contributed by atoms with Gasteiger partial charge < -0.3 is 63.1 Å². The Morgan fingerprint density at radius 3 is 2.37 bits per heavy atom. The molecule has 4 N–H and O–H groups in total. The molecule has 9 aliphatic rings. The molecule has 9 heterocycles. The summed E-state index contributed by atoms with van der Waals surface area (Å²) in [6.07, 6.45) is 2.32. The molecule has 0 aliphatic carbocycles. The highest BCUT2D eigenvalue weighted by molar-refractivity contribution is 5.87. The molecular formula is C47H68O16. The van der Waals surface area contributed by atoms with Crippen molar-refractivity contribution in [3.05, 3.63) is 23.8 Å². The number of carbonyl (C=O) groups is 3. The minimum atomic E-state index is -1.99. The van der Waals surface area contributed by atoms with Crippen LogP contribution in [-0.2, 0) is 57.0 Å². The zero-order valence-corrected chi connectivity index (χ0v) is 37.5. The van der Waals surface area contributed by atoms with Crippen molar-refractivity contribution in [3.8, 4) is 0 Å². The molecule has 16 heteroatoms. The van der Waals surface area contributed by atoms with Gasteiger partial charge in [-0.05, 0) is 90.9 Å². The Morgan fingerprint density at radius 1 is 0.810 bits per heavy atom. The number of carboxylic acid groups (broad SMARTS) is 1. The van der Waals surface area contributed by atoms with E-state index in [9.17, 15) is 34.8 Å². The number of carbonyl (C=O) groups excluding carboxylic acids is 2. The summed E-state index contributed by atoms with van der Waals surface area (Å²) < 4.78 is 58.2. The number of hydrogen-bond donors (Lipinski definition) is 4. The fourth-order valence-electron chi connectivity index (χ4n) is 12.5. The molecule has 0 aromatic rings. The van der Waals surface area contributed by atoms with Gasteiger partial charge in [0.2, 0.25) is 5.79 Å². The van der Waals surface area contributed by atoms with Crippen LogP contribution in [0.3, 0.4) is 0 Å². The highest BCUT2D eigenvalue weighted by Gasteiger charge is 2.68. The number of hydrogen-bond acceptors (Lipinski definition) is 15. The molecule has 0 aromatic heterocycles. The van der Waals surface area contributed by atoms with E-state index in [0.717, 1.165) is 5.57 Å². The lowest BCUT2D eigenvalue weighted by molar-refractivity contribution is -0.358. The average molecular weight is 889 g/mol. The van der Waals surface area contributed by atoms with Crippen LogP contribution < -0.4 is 0 Å². The fraction of sp³-hybridized carbons (Fsp3) is 0.851. The minimum Gasteiger partial charge on any atom is -0.479 e. The van der Waals surface area contributed by atoms with Gasteiger partial charge in [-0.25, -0.2) is 4.79 Å². The van der Waals surface area contributed by atoms with Crippen molar-refractivity contribution >= 4 is 17.7 Å². The van der Waals surface area contributed by atoms with Crippen LogP contribution in [-0.4, -0.2) is 140 Å². The molecular weight excluding hydrogens is 821 g/mol. The van der Waals surface area contributed by atoms with Gasteiger partial charge in [-0.15, -0.1) is 0 Å². The smallest absolute Gasteiger partial charge is 0.336 e. The van der Waals surface area contributed by atoms with Crippen LogP contribution in [0.5, 0.6) is 0 Å². The van der Waals surface area contributed by atoms with Crippen LogP contribution in [0.1, 0.15) is 131 Å². The zero-order valence-electron chi connectivity index (χ0n) is 37.5. The van der Waals surface area contributed by atoms with Gasteiger partial charge in [0.25, 0.3) is 0 Å². The topological polar surface area (TPSA) is 215 Å². The van der Waals surface area contributed by atoms with E-state index in [-0.39, 0.29) is 56.3 Å². The van der Waals surface area contributed by atoms with E-state index >= 15 is 0 Å². The molecule has 0 unspecified atom stereocenters. The molecule has 63 heavy (non-hydrogen) atoms. The maximum absolute atomic E-state index is 14.1. The summed E-state index contributed by atoms with van der Waals surface area (Å²) >= 11 is 0. The van der Waals surface area contributed by atoms with Crippen LogP contribution in [0.15, 0.2) is 23.8 Å². The summed E-state index contributed by atoms with van der Waals surface area (Å²) in [5, 5.41) is 45.4. The number of ketones is 1. The van der Waals surface area contributed by atoms with Gasteiger partial charge in [-0.1, -0.05) is 37.6 Å². The third-order valence-corrected chi connectivity index (χ3v) is 16.0. The number of fused-ring (bicyclic) bond motifs is 10. The zero-order chi connectivity index (χ0) is 44.9.